The van der Waals surface area contributed by atoms with Gasteiger partial charge in [-0.3, -0.25) is 4.79 Å². The highest BCUT2D eigenvalue weighted by Crippen LogP contribution is 2.17. The average Bonchev–Trinajstić information content (AvgIpc) is 2.35. The van der Waals surface area contributed by atoms with E-state index in [1.54, 1.807) is 4.90 Å². The molecule has 3 nitrogen and oxygen atoms in total. The van der Waals surface area contributed by atoms with Crippen molar-refractivity contribution in [3.05, 3.63) is 34.3 Å². The number of amides is 1. The zero-order valence-corrected chi connectivity index (χ0v) is 14.0. The van der Waals surface area contributed by atoms with Crippen LogP contribution in [-0.4, -0.2) is 30.4 Å². The van der Waals surface area contributed by atoms with Gasteiger partial charge in [-0.05, 0) is 40.4 Å². The number of rotatable bonds is 5. The summed E-state index contributed by atoms with van der Waals surface area (Å²) in [6.07, 6.45) is 0.824. The van der Waals surface area contributed by atoms with E-state index in [-0.39, 0.29) is 24.4 Å². The van der Waals surface area contributed by atoms with E-state index in [4.69, 9.17) is 5.73 Å². The highest BCUT2D eigenvalue weighted by Gasteiger charge is 2.16. The molecule has 1 aromatic rings. The molecule has 0 aliphatic heterocycles. The molecule has 1 aromatic carbocycles. The van der Waals surface area contributed by atoms with Crippen LogP contribution in [0.3, 0.4) is 0 Å². The van der Waals surface area contributed by atoms with Gasteiger partial charge in [0.05, 0.1) is 5.56 Å². The van der Waals surface area contributed by atoms with Gasteiger partial charge in [0.1, 0.15) is 0 Å². The van der Waals surface area contributed by atoms with E-state index in [0.717, 1.165) is 10.9 Å². The van der Waals surface area contributed by atoms with E-state index in [9.17, 15) is 4.79 Å². The van der Waals surface area contributed by atoms with Crippen molar-refractivity contribution in [1.82, 2.24) is 4.90 Å². The number of carbonyl (C=O) groups is 1. The van der Waals surface area contributed by atoms with Gasteiger partial charge in [0.15, 0.2) is 0 Å². The molecule has 19 heavy (non-hydrogen) atoms. The van der Waals surface area contributed by atoms with E-state index >= 15 is 0 Å². The maximum Gasteiger partial charge on any atom is 0.254 e. The minimum atomic E-state index is 0. The Hall–Kier alpha value is -0.580. The fourth-order valence-electron chi connectivity index (χ4n) is 1.62. The van der Waals surface area contributed by atoms with Crippen molar-refractivity contribution in [2.75, 3.05) is 13.6 Å². The minimum absolute atomic E-state index is 0. The number of carbonyl (C=O) groups excluding carboxylic acids is 1. The molecule has 5 heteroatoms. The monoisotopic (exact) mass is 348 g/mol. The van der Waals surface area contributed by atoms with Crippen LogP contribution in [0, 0.1) is 5.92 Å². The quantitative estimate of drug-likeness (QED) is 0.886. The van der Waals surface area contributed by atoms with Crippen LogP contribution >= 0.6 is 28.3 Å². The van der Waals surface area contributed by atoms with Crippen molar-refractivity contribution in [3.8, 4) is 0 Å². The molecule has 1 atom stereocenters. The maximum absolute atomic E-state index is 12.2. The van der Waals surface area contributed by atoms with Crippen LogP contribution in [0.1, 0.15) is 30.6 Å². The van der Waals surface area contributed by atoms with Crippen LogP contribution < -0.4 is 5.73 Å². The van der Waals surface area contributed by atoms with Gasteiger partial charge in [0, 0.05) is 24.1 Å². The third-order valence-corrected chi connectivity index (χ3v) is 3.80. The van der Waals surface area contributed by atoms with Crippen LogP contribution in [0.25, 0.3) is 0 Å². The summed E-state index contributed by atoms with van der Waals surface area (Å²) in [6.45, 7) is 4.88. The molecule has 2 N–H and O–H groups in total. The summed E-state index contributed by atoms with van der Waals surface area (Å²) >= 11 is 3.40. The summed E-state index contributed by atoms with van der Waals surface area (Å²) in [7, 11) is 1.81. The Morgan fingerprint density at radius 2 is 1.95 bits per heavy atom. The largest absolute Gasteiger partial charge is 0.342 e. The van der Waals surface area contributed by atoms with Crippen molar-refractivity contribution < 1.29 is 4.79 Å². The lowest BCUT2D eigenvalue weighted by Crippen LogP contribution is -2.34. The number of nitrogens with zero attached hydrogens (tertiary/aromatic N) is 1. The Morgan fingerprint density at radius 3 is 2.47 bits per heavy atom. The Kier molecular flexibility index (Phi) is 8.30. The lowest BCUT2D eigenvalue weighted by atomic mass is 10.0. The molecule has 0 saturated carbocycles. The fraction of sp³-hybridized carbons (Fsp3) is 0.500. The second kappa shape index (κ2) is 8.56. The number of hydrogen-bond acceptors (Lipinski definition) is 2. The lowest BCUT2D eigenvalue weighted by molar-refractivity contribution is 0.0788. The molecule has 0 spiro atoms. The molecule has 108 valence electrons. The van der Waals surface area contributed by atoms with Gasteiger partial charge in [0.2, 0.25) is 0 Å². The Balaban J connectivity index is 0.00000324. The van der Waals surface area contributed by atoms with E-state index in [0.29, 0.717) is 18.0 Å². The van der Waals surface area contributed by atoms with Crippen LogP contribution in [0.4, 0.5) is 0 Å². The SMILES string of the molecule is CC(C)C(N)CCN(C)C(=O)c1ccccc1Br.Cl. The molecule has 0 aromatic heterocycles. The van der Waals surface area contributed by atoms with Crippen molar-refractivity contribution in [3.63, 3.8) is 0 Å². The third kappa shape index (κ3) is 5.51. The average molecular weight is 350 g/mol. The second-order valence-electron chi connectivity index (χ2n) is 4.90. The summed E-state index contributed by atoms with van der Waals surface area (Å²) in [5.74, 6) is 0.468. The molecule has 1 amide bonds. The predicted molar refractivity (Wildman–Crippen MR) is 85.8 cm³/mol. The zero-order chi connectivity index (χ0) is 13.7. The number of benzene rings is 1. The lowest BCUT2D eigenvalue weighted by Gasteiger charge is -2.22. The molecule has 0 aliphatic rings. The van der Waals surface area contributed by atoms with Gasteiger partial charge in [-0.2, -0.15) is 0 Å². The molecule has 0 aliphatic carbocycles. The van der Waals surface area contributed by atoms with E-state index in [1.165, 1.54) is 0 Å². The summed E-state index contributed by atoms with van der Waals surface area (Å²) in [4.78, 5) is 13.9. The molecule has 0 saturated heterocycles. The van der Waals surface area contributed by atoms with Gasteiger partial charge in [-0.1, -0.05) is 26.0 Å². The molecular weight excluding hydrogens is 328 g/mol. The summed E-state index contributed by atoms with van der Waals surface area (Å²) in [6, 6.07) is 7.60. The number of halogens is 2. The fourth-order valence-corrected chi connectivity index (χ4v) is 2.07. The first kappa shape index (κ1) is 18.4. The van der Waals surface area contributed by atoms with Gasteiger partial charge in [-0.15, -0.1) is 12.4 Å². The first-order valence-electron chi connectivity index (χ1n) is 6.19. The van der Waals surface area contributed by atoms with Gasteiger partial charge < -0.3 is 10.6 Å². The topological polar surface area (TPSA) is 46.3 Å². The molecule has 0 heterocycles. The summed E-state index contributed by atoms with van der Waals surface area (Å²) in [5, 5.41) is 0. The van der Waals surface area contributed by atoms with Gasteiger partial charge >= 0.3 is 0 Å². The van der Waals surface area contributed by atoms with Crippen LogP contribution in [0.2, 0.25) is 0 Å². The van der Waals surface area contributed by atoms with Crippen LogP contribution in [0.5, 0.6) is 0 Å². The van der Waals surface area contributed by atoms with Crippen molar-refractivity contribution in [2.24, 2.45) is 11.7 Å². The van der Waals surface area contributed by atoms with Crippen LogP contribution in [-0.2, 0) is 0 Å². The van der Waals surface area contributed by atoms with Gasteiger partial charge in [0.25, 0.3) is 5.91 Å². The third-order valence-electron chi connectivity index (χ3n) is 3.11. The standard InChI is InChI=1S/C14H21BrN2O.ClH/c1-10(2)13(16)8-9-17(3)14(18)11-6-4-5-7-12(11)15;/h4-7,10,13H,8-9,16H2,1-3H3;1H. The molecule has 0 fully saturated rings. The highest BCUT2D eigenvalue weighted by atomic mass is 79.9. The maximum atomic E-state index is 12.2. The predicted octanol–water partition coefficient (Wildman–Crippen LogP) is 3.32. The van der Waals surface area contributed by atoms with Crippen molar-refractivity contribution >= 4 is 34.2 Å². The Morgan fingerprint density at radius 1 is 1.37 bits per heavy atom. The molecular formula is C14H22BrClN2O. The summed E-state index contributed by atoms with van der Waals surface area (Å²) < 4.78 is 0.829. The van der Waals surface area contributed by atoms with Gasteiger partial charge in [-0.25, -0.2) is 0 Å². The first-order chi connectivity index (χ1) is 8.43. The zero-order valence-electron chi connectivity index (χ0n) is 11.6. The van der Waals surface area contributed by atoms with Crippen molar-refractivity contribution in [1.29, 1.82) is 0 Å². The summed E-state index contributed by atoms with van der Waals surface area (Å²) in [5.41, 5.74) is 6.68. The van der Waals surface area contributed by atoms with E-state index in [2.05, 4.69) is 29.8 Å². The molecule has 0 radical (unpaired) electrons. The van der Waals surface area contributed by atoms with Crippen molar-refractivity contribution in [2.45, 2.75) is 26.3 Å². The van der Waals surface area contributed by atoms with E-state index in [1.807, 2.05) is 31.3 Å². The molecule has 1 unspecified atom stereocenters. The first-order valence-corrected chi connectivity index (χ1v) is 6.98. The minimum Gasteiger partial charge on any atom is -0.342 e. The molecule has 1 rings (SSSR count). The number of nitrogens with two attached hydrogens (primary N) is 1. The van der Waals surface area contributed by atoms with Crippen LogP contribution in [0.15, 0.2) is 28.7 Å². The molecule has 0 bridgehead atoms. The second-order valence-corrected chi connectivity index (χ2v) is 5.76. The highest BCUT2D eigenvalue weighted by molar-refractivity contribution is 9.10. The number of hydrogen-bond donors (Lipinski definition) is 1. The van der Waals surface area contributed by atoms with E-state index < -0.39 is 0 Å². The smallest absolute Gasteiger partial charge is 0.254 e. The Bertz CT molecular complexity index is 412. The normalized spacial score (nSPS) is 11.9. The Labute approximate surface area is 130 Å².